The van der Waals surface area contributed by atoms with Crippen molar-refractivity contribution in [2.75, 3.05) is 7.05 Å². The number of hydrogen-bond acceptors (Lipinski definition) is 4. The van der Waals surface area contributed by atoms with Crippen LogP contribution in [0.25, 0.3) is 0 Å². The Balaban J connectivity index is 2.17. The van der Waals surface area contributed by atoms with E-state index in [1.165, 1.54) is 22.7 Å². The number of nitrogens with one attached hydrogen (secondary N) is 1. The number of benzene rings is 1. The van der Waals surface area contributed by atoms with Crippen LogP contribution in [0.5, 0.6) is 0 Å². The molecule has 84 valence electrons. The molecule has 3 nitrogen and oxygen atoms in total. The summed E-state index contributed by atoms with van der Waals surface area (Å²) in [5.41, 5.74) is 3.71. The summed E-state index contributed by atoms with van der Waals surface area (Å²) in [6, 6.07) is 8.70. The first-order valence-electron chi connectivity index (χ1n) is 5.30. The van der Waals surface area contributed by atoms with Crippen LogP contribution in [0.1, 0.15) is 22.9 Å². The second kappa shape index (κ2) is 5.18. The molecule has 2 rings (SSSR count). The van der Waals surface area contributed by atoms with Crippen LogP contribution in [0.3, 0.4) is 0 Å². The van der Waals surface area contributed by atoms with Crippen LogP contribution in [0.15, 0.2) is 29.6 Å². The molecule has 1 atom stereocenters. The van der Waals surface area contributed by atoms with E-state index in [0.717, 1.165) is 12.1 Å². The van der Waals surface area contributed by atoms with Gasteiger partial charge in [-0.25, -0.2) is 0 Å². The van der Waals surface area contributed by atoms with Crippen molar-refractivity contribution in [3.8, 4) is 0 Å². The maximum absolute atomic E-state index is 4.12. The molecule has 16 heavy (non-hydrogen) atoms. The minimum Gasteiger partial charge on any atom is -0.311 e. The first-order valence-corrected chi connectivity index (χ1v) is 6.13. The summed E-state index contributed by atoms with van der Waals surface area (Å²) in [5.74, 6) is 0. The zero-order chi connectivity index (χ0) is 11.4. The van der Waals surface area contributed by atoms with Crippen LogP contribution in [0.4, 0.5) is 0 Å². The first kappa shape index (κ1) is 11.2. The fourth-order valence-corrected chi connectivity index (χ4v) is 2.25. The van der Waals surface area contributed by atoms with Gasteiger partial charge in [-0.2, -0.15) is 0 Å². The van der Waals surface area contributed by atoms with Crippen molar-refractivity contribution < 1.29 is 0 Å². The normalized spacial score (nSPS) is 12.6. The molecule has 1 N–H and O–H groups in total. The highest BCUT2D eigenvalue weighted by Gasteiger charge is 2.13. The number of aryl methyl sites for hydroxylation is 1. The van der Waals surface area contributed by atoms with Crippen LogP contribution in [-0.2, 0) is 6.42 Å². The van der Waals surface area contributed by atoms with Crippen LogP contribution < -0.4 is 5.32 Å². The molecule has 0 fully saturated rings. The highest BCUT2D eigenvalue weighted by molar-refractivity contribution is 7.03. The van der Waals surface area contributed by atoms with E-state index in [0.29, 0.717) is 0 Å². The molecule has 0 saturated carbocycles. The Hall–Kier alpha value is -1.26. The SMILES string of the molecule is CNC(Cc1ccccc1C)c1csnn1. The summed E-state index contributed by atoms with van der Waals surface area (Å²) in [6.07, 6.45) is 0.953. The zero-order valence-electron chi connectivity index (χ0n) is 9.47. The molecule has 1 aromatic heterocycles. The van der Waals surface area contributed by atoms with Gasteiger partial charge >= 0.3 is 0 Å². The van der Waals surface area contributed by atoms with Gasteiger partial charge in [0.1, 0.15) is 0 Å². The second-order valence-electron chi connectivity index (χ2n) is 3.80. The molecule has 0 aliphatic rings. The number of likely N-dealkylation sites (N-methyl/N-ethyl adjacent to an activating group) is 1. The van der Waals surface area contributed by atoms with Crippen LogP contribution >= 0.6 is 11.5 Å². The third-order valence-electron chi connectivity index (χ3n) is 2.77. The average molecular weight is 233 g/mol. The van der Waals surface area contributed by atoms with Gasteiger partial charge in [0.15, 0.2) is 0 Å². The summed E-state index contributed by atoms with van der Waals surface area (Å²) < 4.78 is 3.91. The number of hydrogen-bond donors (Lipinski definition) is 1. The summed E-state index contributed by atoms with van der Waals surface area (Å²) in [4.78, 5) is 0. The lowest BCUT2D eigenvalue weighted by Crippen LogP contribution is -2.19. The van der Waals surface area contributed by atoms with E-state index < -0.39 is 0 Å². The van der Waals surface area contributed by atoms with Crippen molar-refractivity contribution in [3.05, 3.63) is 46.5 Å². The van der Waals surface area contributed by atoms with E-state index >= 15 is 0 Å². The summed E-state index contributed by atoms with van der Waals surface area (Å²) in [6.45, 7) is 2.14. The standard InChI is InChI=1S/C12H15N3S/c1-9-5-3-4-6-10(9)7-11(13-2)12-8-16-15-14-12/h3-6,8,11,13H,7H2,1-2H3. The molecule has 4 heteroatoms. The molecule has 1 unspecified atom stereocenters. The van der Waals surface area contributed by atoms with Crippen molar-refractivity contribution in [2.24, 2.45) is 0 Å². The largest absolute Gasteiger partial charge is 0.311 e. The van der Waals surface area contributed by atoms with Crippen LogP contribution in [0.2, 0.25) is 0 Å². The summed E-state index contributed by atoms with van der Waals surface area (Å²) in [7, 11) is 1.96. The average Bonchev–Trinajstić information content (AvgIpc) is 2.81. The van der Waals surface area contributed by atoms with Crippen molar-refractivity contribution in [1.29, 1.82) is 0 Å². The summed E-state index contributed by atoms with van der Waals surface area (Å²) >= 11 is 1.40. The molecule has 0 aliphatic heterocycles. The maximum Gasteiger partial charge on any atom is 0.0928 e. The molecule has 1 heterocycles. The molecule has 0 aliphatic carbocycles. The second-order valence-corrected chi connectivity index (χ2v) is 4.41. The highest BCUT2D eigenvalue weighted by atomic mass is 32.1. The quantitative estimate of drug-likeness (QED) is 0.881. The Kier molecular flexibility index (Phi) is 3.64. The Morgan fingerprint density at radius 2 is 2.19 bits per heavy atom. The van der Waals surface area contributed by atoms with Crippen molar-refractivity contribution in [3.63, 3.8) is 0 Å². The van der Waals surface area contributed by atoms with Gasteiger partial charge in [0.05, 0.1) is 11.7 Å². The van der Waals surface area contributed by atoms with Gasteiger partial charge in [0, 0.05) is 5.38 Å². The predicted octanol–water partition coefficient (Wildman–Crippen LogP) is 2.35. The Morgan fingerprint density at radius 3 is 2.81 bits per heavy atom. The lowest BCUT2D eigenvalue weighted by atomic mass is 10.00. The molecule has 0 bridgehead atoms. The topological polar surface area (TPSA) is 37.8 Å². The van der Waals surface area contributed by atoms with E-state index in [-0.39, 0.29) is 6.04 Å². The minimum atomic E-state index is 0.250. The lowest BCUT2D eigenvalue weighted by Gasteiger charge is -2.14. The molecule has 0 saturated heterocycles. The minimum absolute atomic E-state index is 0.250. The van der Waals surface area contributed by atoms with Gasteiger partial charge in [-0.15, -0.1) is 5.10 Å². The molecular formula is C12H15N3S. The van der Waals surface area contributed by atoms with E-state index in [4.69, 9.17) is 0 Å². The monoisotopic (exact) mass is 233 g/mol. The van der Waals surface area contributed by atoms with E-state index in [1.807, 2.05) is 12.4 Å². The van der Waals surface area contributed by atoms with Gasteiger partial charge in [-0.3, -0.25) is 0 Å². The maximum atomic E-state index is 4.12. The molecule has 0 radical (unpaired) electrons. The predicted molar refractivity (Wildman–Crippen MR) is 66.6 cm³/mol. The smallest absolute Gasteiger partial charge is 0.0928 e. The lowest BCUT2D eigenvalue weighted by molar-refractivity contribution is 0.573. The highest BCUT2D eigenvalue weighted by Crippen LogP contribution is 2.19. The van der Waals surface area contributed by atoms with Crippen LogP contribution in [-0.4, -0.2) is 16.6 Å². The molecule has 0 spiro atoms. The summed E-state index contributed by atoms with van der Waals surface area (Å²) in [5, 5.41) is 9.40. The molecular weight excluding hydrogens is 218 g/mol. The van der Waals surface area contributed by atoms with E-state index in [2.05, 4.69) is 46.1 Å². The molecule has 1 aromatic carbocycles. The number of aromatic nitrogens is 2. The first-order chi connectivity index (χ1) is 7.81. The van der Waals surface area contributed by atoms with Crippen molar-refractivity contribution in [2.45, 2.75) is 19.4 Å². The van der Waals surface area contributed by atoms with E-state index in [9.17, 15) is 0 Å². The van der Waals surface area contributed by atoms with Crippen molar-refractivity contribution >= 4 is 11.5 Å². The van der Waals surface area contributed by atoms with Crippen molar-refractivity contribution in [1.82, 2.24) is 14.9 Å². The van der Waals surface area contributed by atoms with Gasteiger partial charge < -0.3 is 5.32 Å². The Labute approximate surface area is 99.7 Å². The fourth-order valence-electron chi connectivity index (χ4n) is 1.74. The van der Waals surface area contributed by atoms with Gasteiger partial charge in [0.2, 0.25) is 0 Å². The molecule has 2 aromatic rings. The number of nitrogens with zero attached hydrogens (tertiary/aromatic N) is 2. The Morgan fingerprint density at radius 1 is 1.38 bits per heavy atom. The van der Waals surface area contributed by atoms with Gasteiger partial charge in [0.25, 0.3) is 0 Å². The van der Waals surface area contributed by atoms with Crippen LogP contribution in [0, 0.1) is 6.92 Å². The third-order valence-corrected chi connectivity index (χ3v) is 3.29. The zero-order valence-corrected chi connectivity index (χ0v) is 10.3. The van der Waals surface area contributed by atoms with Gasteiger partial charge in [-0.05, 0) is 43.1 Å². The fraction of sp³-hybridized carbons (Fsp3) is 0.333. The Bertz CT molecular complexity index is 439. The third kappa shape index (κ3) is 2.46. The van der Waals surface area contributed by atoms with Gasteiger partial charge in [-0.1, -0.05) is 28.8 Å². The number of rotatable bonds is 4. The van der Waals surface area contributed by atoms with E-state index in [1.54, 1.807) is 0 Å². The molecule has 0 amide bonds.